The summed E-state index contributed by atoms with van der Waals surface area (Å²) in [6.07, 6.45) is 4.53. The van der Waals surface area contributed by atoms with Crippen LogP contribution in [0.4, 0.5) is 5.69 Å². The molecule has 1 aromatic heterocycles. The molecule has 0 saturated heterocycles. The van der Waals surface area contributed by atoms with Crippen molar-refractivity contribution in [1.29, 1.82) is 0 Å². The van der Waals surface area contributed by atoms with E-state index < -0.39 is 0 Å². The fraction of sp³-hybridized carbons (Fsp3) is 0.615. The number of nitrogens with two attached hydrogens (primary N) is 1. The second-order valence-electron chi connectivity index (χ2n) is 5.25. The lowest BCUT2D eigenvalue weighted by Crippen LogP contribution is -2.42. The molecule has 3 nitrogen and oxygen atoms in total. The molecule has 1 aromatic rings. The first-order valence-corrected chi connectivity index (χ1v) is 5.87. The summed E-state index contributed by atoms with van der Waals surface area (Å²) in [5.41, 5.74) is 8.12. The standard InChI is InChI=1S/C13H23N3/c1-5-16-12(13(2,3)4)8-10-9-15-7-6-11(10)14/h6-7,9,12,16H,5,8H2,1-4H3,(H2,14,15). The van der Waals surface area contributed by atoms with E-state index in [1.165, 1.54) is 0 Å². The monoisotopic (exact) mass is 221 g/mol. The molecule has 1 unspecified atom stereocenters. The Labute approximate surface area is 98.5 Å². The first-order chi connectivity index (χ1) is 7.45. The van der Waals surface area contributed by atoms with Gasteiger partial charge in [0, 0.05) is 24.1 Å². The maximum Gasteiger partial charge on any atom is 0.0378 e. The Kier molecular flexibility index (Phi) is 4.30. The number of likely N-dealkylation sites (N-methyl/N-ethyl adjacent to an activating group) is 1. The molecule has 90 valence electrons. The van der Waals surface area contributed by atoms with Gasteiger partial charge < -0.3 is 11.1 Å². The van der Waals surface area contributed by atoms with Gasteiger partial charge in [-0.05, 0) is 30.0 Å². The number of hydrogen-bond acceptors (Lipinski definition) is 3. The highest BCUT2D eigenvalue weighted by atomic mass is 14.9. The summed E-state index contributed by atoms with van der Waals surface area (Å²) in [6.45, 7) is 9.83. The molecule has 0 spiro atoms. The summed E-state index contributed by atoms with van der Waals surface area (Å²) in [5, 5.41) is 3.51. The highest BCUT2D eigenvalue weighted by Crippen LogP contribution is 2.24. The number of hydrogen-bond donors (Lipinski definition) is 2. The Hall–Kier alpha value is -1.09. The lowest BCUT2D eigenvalue weighted by molar-refractivity contribution is 0.270. The highest BCUT2D eigenvalue weighted by Gasteiger charge is 2.24. The molecule has 0 fully saturated rings. The molecule has 0 aliphatic rings. The second-order valence-corrected chi connectivity index (χ2v) is 5.25. The molecule has 0 aliphatic carbocycles. The van der Waals surface area contributed by atoms with E-state index in [1.807, 2.05) is 12.3 Å². The third-order valence-electron chi connectivity index (χ3n) is 2.86. The van der Waals surface area contributed by atoms with E-state index in [2.05, 4.69) is 38.0 Å². The highest BCUT2D eigenvalue weighted by molar-refractivity contribution is 5.44. The molecule has 0 aromatic carbocycles. The molecule has 0 amide bonds. The van der Waals surface area contributed by atoms with Crippen LogP contribution in [0.3, 0.4) is 0 Å². The number of nitrogen functional groups attached to an aromatic ring is 1. The first kappa shape index (κ1) is 13.0. The lowest BCUT2D eigenvalue weighted by Gasteiger charge is -2.31. The third-order valence-corrected chi connectivity index (χ3v) is 2.86. The number of nitrogens with zero attached hydrogens (tertiary/aromatic N) is 1. The predicted molar refractivity (Wildman–Crippen MR) is 69.3 cm³/mol. The van der Waals surface area contributed by atoms with Gasteiger partial charge in [0.05, 0.1) is 0 Å². The molecule has 0 radical (unpaired) electrons. The molecule has 1 atom stereocenters. The Morgan fingerprint density at radius 2 is 2.12 bits per heavy atom. The van der Waals surface area contributed by atoms with E-state index in [-0.39, 0.29) is 5.41 Å². The van der Waals surface area contributed by atoms with Gasteiger partial charge in [0.2, 0.25) is 0 Å². The van der Waals surface area contributed by atoms with Crippen LogP contribution < -0.4 is 11.1 Å². The Balaban J connectivity index is 2.80. The van der Waals surface area contributed by atoms with E-state index in [1.54, 1.807) is 6.20 Å². The van der Waals surface area contributed by atoms with Crippen molar-refractivity contribution < 1.29 is 0 Å². The van der Waals surface area contributed by atoms with Crippen molar-refractivity contribution >= 4 is 5.69 Å². The third kappa shape index (κ3) is 3.49. The topological polar surface area (TPSA) is 50.9 Å². The van der Waals surface area contributed by atoms with Crippen LogP contribution >= 0.6 is 0 Å². The molecule has 3 N–H and O–H groups in total. The number of nitrogens with one attached hydrogen (secondary N) is 1. The number of aromatic nitrogens is 1. The fourth-order valence-corrected chi connectivity index (χ4v) is 1.76. The van der Waals surface area contributed by atoms with Crippen molar-refractivity contribution in [2.75, 3.05) is 12.3 Å². The molecule has 1 heterocycles. The van der Waals surface area contributed by atoms with Gasteiger partial charge in [-0.15, -0.1) is 0 Å². The average Bonchev–Trinajstić information content (AvgIpc) is 2.19. The minimum atomic E-state index is 0.221. The van der Waals surface area contributed by atoms with Crippen molar-refractivity contribution in [3.8, 4) is 0 Å². The molecule has 3 heteroatoms. The zero-order chi connectivity index (χ0) is 12.2. The Bertz CT molecular complexity index is 328. The number of rotatable bonds is 4. The van der Waals surface area contributed by atoms with Gasteiger partial charge >= 0.3 is 0 Å². The van der Waals surface area contributed by atoms with Crippen LogP contribution in [-0.4, -0.2) is 17.6 Å². The van der Waals surface area contributed by atoms with Gasteiger partial charge in [-0.3, -0.25) is 4.98 Å². The zero-order valence-electron chi connectivity index (χ0n) is 10.7. The normalized spacial score (nSPS) is 13.8. The number of pyridine rings is 1. The van der Waals surface area contributed by atoms with Crippen LogP contribution in [0.1, 0.15) is 33.3 Å². The van der Waals surface area contributed by atoms with Gasteiger partial charge in [-0.2, -0.15) is 0 Å². The lowest BCUT2D eigenvalue weighted by atomic mass is 9.83. The van der Waals surface area contributed by atoms with Gasteiger partial charge in [-0.1, -0.05) is 27.7 Å². The summed E-state index contributed by atoms with van der Waals surface area (Å²) in [4.78, 5) is 4.13. The van der Waals surface area contributed by atoms with Crippen molar-refractivity contribution in [3.05, 3.63) is 24.0 Å². The minimum Gasteiger partial charge on any atom is -0.398 e. The Morgan fingerprint density at radius 3 is 2.62 bits per heavy atom. The van der Waals surface area contributed by atoms with Crippen molar-refractivity contribution in [3.63, 3.8) is 0 Å². The molecule has 1 rings (SSSR count). The first-order valence-electron chi connectivity index (χ1n) is 5.87. The summed E-state index contributed by atoms with van der Waals surface area (Å²) in [6, 6.07) is 2.28. The molecular weight excluding hydrogens is 198 g/mol. The smallest absolute Gasteiger partial charge is 0.0378 e. The summed E-state index contributed by atoms with van der Waals surface area (Å²) in [7, 11) is 0. The predicted octanol–water partition coefficient (Wildman–Crippen LogP) is 2.23. The quantitative estimate of drug-likeness (QED) is 0.819. The molecule has 0 bridgehead atoms. The average molecular weight is 221 g/mol. The van der Waals surface area contributed by atoms with Gasteiger partial charge in [0.25, 0.3) is 0 Å². The van der Waals surface area contributed by atoms with Gasteiger partial charge in [0.15, 0.2) is 0 Å². The van der Waals surface area contributed by atoms with Crippen molar-refractivity contribution in [2.24, 2.45) is 5.41 Å². The van der Waals surface area contributed by atoms with Crippen LogP contribution in [0.25, 0.3) is 0 Å². The van der Waals surface area contributed by atoms with Crippen LogP contribution in [-0.2, 0) is 6.42 Å². The van der Waals surface area contributed by atoms with Crippen molar-refractivity contribution in [2.45, 2.75) is 40.2 Å². The van der Waals surface area contributed by atoms with Crippen LogP contribution in [0, 0.1) is 5.41 Å². The maximum atomic E-state index is 5.94. The SMILES string of the molecule is CCNC(Cc1cnccc1N)C(C)(C)C. The molecular formula is C13H23N3. The minimum absolute atomic E-state index is 0.221. The zero-order valence-corrected chi connectivity index (χ0v) is 10.7. The van der Waals surface area contributed by atoms with E-state index in [9.17, 15) is 0 Å². The van der Waals surface area contributed by atoms with E-state index >= 15 is 0 Å². The molecule has 0 saturated carbocycles. The van der Waals surface area contributed by atoms with Crippen LogP contribution in [0.15, 0.2) is 18.5 Å². The van der Waals surface area contributed by atoms with Gasteiger partial charge in [-0.25, -0.2) is 0 Å². The van der Waals surface area contributed by atoms with Gasteiger partial charge in [0.1, 0.15) is 0 Å². The summed E-state index contributed by atoms with van der Waals surface area (Å²) in [5.74, 6) is 0. The van der Waals surface area contributed by atoms with E-state index in [0.29, 0.717) is 6.04 Å². The largest absolute Gasteiger partial charge is 0.398 e. The summed E-state index contributed by atoms with van der Waals surface area (Å²) >= 11 is 0. The fourth-order valence-electron chi connectivity index (χ4n) is 1.76. The Morgan fingerprint density at radius 1 is 1.44 bits per heavy atom. The van der Waals surface area contributed by atoms with E-state index in [4.69, 9.17) is 5.73 Å². The second kappa shape index (κ2) is 5.30. The number of anilines is 1. The van der Waals surface area contributed by atoms with Crippen molar-refractivity contribution in [1.82, 2.24) is 10.3 Å². The maximum absolute atomic E-state index is 5.94. The van der Waals surface area contributed by atoms with E-state index in [0.717, 1.165) is 24.2 Å². The molecule has 0 aliphatic heterocycles. The summed E-state index contributed by atoms with van der Waals surface area (Å²) < 4.78 is 0. The molecule has 16 heavy (non-hydrogen) atoms. The van der Waals surface area contributed by atoms with Crippen LogP contribution in [0.5, 0.6) is 0 Å². The van der Waals surface area contributed by atoms with Crippen LogP contribution in [0.2, 0.25) is 0 Å².